The number of carbonyl (C=O) groups is 1. The highest BCUT2D eigenvalue weighted by Crippen LogP contribution is 2.24. The van der Waals surface area contributed by atoms with Gasteiger partial charge in [-0.2, -0.15) is 0 Å². The summed E-state index contributed by atoms with van der Waals surface area (Å²) in [4.78, 5) is 11.0. The standard InChI is InChI=1S/C20H38O2/c1-4-5-6-7-8-9-10-11-12-13-14-15-16-17-18-20(2,3)19(21)22/h11-12H,4-10,13-18H2,1-3H3,(H,21,22)/b12-11+. The van der Waals surface area contributed by atoms with E-state index in [4.69, 9.17) is 5.11 Å². The predicted molar refractivity (Wildman–Crippen MR) is 96.3 cm³/mol. The molecule has 0 bridgehead atoms. The van der Waals surface area contributed by atoms with Gasteiger partial charge in [0.1, 0.15) is 0 Å². The summed E-state index contributed by atoms with van der Waals surface area (Å²) in [6.07, 6.45) is 20.7. The van der Waals surface area contributed by atoms with Crippen molar-refractivity contribution < 1.29 is 9.90 Å². The van der Waals surface area contributed by atoms with Gasteiger partial charge in [-0.25, -0.2) is 0 Å². The minimum atomic E-state index is -0.676. The van der Waals surface area contributed by atoms with Gasteiger partial charge in [-0.1, -0.05) is 70.4 Å². The fraction of sp³-hybridized carbons (Fsp3) is 0.850. The molecule has 0 aromatic carbocycles. The van der Waals surface area contributed by atoms with Crippen molar-refractivity contribution >= 4 is 5.97 Å². The van der Waals surface area contributed by atoms with Crippen LogP contribution in [0.4, 0.5) is 0 Å². The van der Waals surface area contributed by atoms with Crippen LogP contribution >= 0.6 is 0 Å². The summed E-state index contributed by atoms with van der Waals surface area (Å²) in [5.74, 6) is -0.676. The molecule has 0 fully saturated rings. The van der Waals surface area contributed by atoms with Crippen molar-refractivity contribution in [1.29, 1.82) is 0 Å². The van der Waals surface area contributed by atoms with Crippen LogP contribution in [-0.4, -0.2) is 11.1 Å². The molecule has 0 amide bonds. The smallest absolute Gasteiger partial charge is 0.309 e. The van der Waals surface area contributed by atoms with Gasteiger partial charge in [0.05, 0.1) is 5.41 Å². The number of carboxylic acid groups (broad SMARTS) is 1. The lowest BCUT2D eigenvalue weighted by Crippen LogP contribution is -2.23. The molecule has 0 unspecified atom stereocenters. The summed E-state index contributed by atoms with van der Waals surface area (Å²) in [5, 5.41) is 9.04. The van der Waals surface area contributed by atoms with E-state index in [0.717, 1.165) is 19.3 Å². The summed E-state index contributed by atoms with van der Waals surface area (Å²) >= 11 is 0. The number of rotatable bonds is 15. The van der Waals surface area contributed by atoms with E-state index in [-0.39, 0.29) is 0 Å². The van der Waals surface area contributed by atoms with Crippen LogP contribution in [-0.2, 0) is 4.79 Å². The van der Waals surface area contributed by atoms with Gasteiger partial charge in [0.15, 0.2) is 0 Å². The molecule has 0 aliphatic rings. The first-order valence-corrected chi connectivity index (χ1v) is 9.39. The minimum Gasteiger partial charge on any atom is -0.481 e. The second kappa shape index (κ2) is 13.8. The first kappa shape index (κ1) is 21.2. The number of unbranched alkanes of at least 4 members (excludes halogenated alkanes) is 10. The average molecular weight is 311 g/mol. The minimum absolute atomic E-state index is 0.559. The highest BCUT2D eigenvalue weighted by molar-refractivity contribution is 5.73. The van der Waals surface area contributed by atoms with E-state index in [0.29, 0.717) is 0 Å². The molecular weight excluding hydrogens is 272 g/mol. The van der Waals surface area contributed by atoms with Crippen LogP contribution in [0.5, 0.6) is 0 Å². The molecular formula is C20H38O2. The van der Waals surface area contributed by atoms with Gasteiger partial charge >= 0.3 is 5.97 Å². The molecule has 0 rings (SSSR count). The van der Waals surface area contributed by atoms with Crippen LogP contribution in [0.15, 0.2) is 12.2 Å². The van der Waals surface area contributed by atoms with Crippen molar-refractivity contribution in [2.75, 3.05) is 0 Å². The molecule has 2 heteroatoms. The van der Waals surface area contributed by atoms with Crippen molar-refractivity contribution in [3.05, 3.63) is 12.2 Å². The first-order valence-electron chi connectivity index (χ1n) is 9.39. The zero-order valence-corrected chi connectivity index (χ0v) is 15.2. The average Bonchev–Trinajstić information content (AvgIpc) is 2.47. The monoisotopic (exact) mass is 310 g/mol. The molecule has 0 saturated heterocycles. The molecule has 0 aliphatic heterocycles. The van der Waals surface area contributed by atoms with Crippen molar-refractivity contribution in [1.82, 2.24) is 0 Å². The van der Waals surface area contributed by atoms with Crippen molar-refractivity contribution in [2.24, 2.45) is 5.41 Å². The molecule has 0 saturated carbocycles. The van der Waals surface area contributed by atoms with Crippen LogP contribution in [0.3, 0.4) is 0 Å². The van der Waals surface area contributed by atoms with Gasteiger partial charge < -0.3 is 5.11 Å². The largest absolute Gasteiger partial charge is 0.481 e. The Kier molecular flexibility index (Phi) is 13.3. The van der Waals surface area contributed by atoms with Gasteiger partial charge in [0.25, 0.3) is 0 Å². The molecule has 130 valence electrons. The van der Waals surface area contributed by atoms with E-state index in [1.165, 1.54) is 64.2 Å². The van der Waals surface area contributed by atoms with Crippen molar-refractivity contribution in [2.45, 2.75) is 104 Å². The van der Waals surface area contributed by atoms with Gasteiger partial charge in [0.2, 0.25) is 0 Å². The van der Waals surface area contributed by atoms with Crippen LogP contribution in [0.2, 0.25) is 0 Å². The SMILES string of the molecule is CCCCCCCC/C=C/CCCCCCC(C)(C)C(=O)O. The topological polar surface area (TPSA) is 37.3 Å². The Morgan fingerprint density at radius 1 is 0.818 bits per heavy atom. The maximum atomic E-state index is 11.0. The number of aliphatic carboxylic acids is 1. The number of hydrogen-bond donors (Lipinski definition) is 1. The molecule has 0 spiro atoms. The number of hydrogen-bond acceptors (Lipinski definition) is 1. The quantitative estimate of drug-likeness (QED) is 0.268. The molecule has 0 radical (unpaired) electrons. The fourth-order valence-electron chi connectivity index (χ4n) is 2.57. The lowest BCUT2D eigenvalue weighted by atomic mass is 9.87. The first-order chi connectivity index (χ1) is 10.5. The molecule has 22 heavy (non-hydrogen) atoms. The van der Waals surface area contributed by atoms with Crippen LogP contribution in [0, 0.1) is 5.41 Å². The van der Waals surface area contributed by atoms with Gasteiger partial charge in [-0.05, 0) is 46.0 Å². The summed E-state index contributed by atoms with van der Waals surface area (Å²) in [6, 6.07) is 0. The van der Waals surface area contributed by atoms with Gasteiger partial charge in [-0.3, -0.25) is 4.79 Å². The Balaban J connectivity index is 3.29. The van der Waals surface area contributed by atoms with Crippen molar-refractivity contribution in [3.8, 4) is 0 Å². The molecule has 0 atom stereocenters. The van der Waals surface area contributed by atoms with E-state index >= 15 is 0 Å². The van der Waals surface area contributed by atoms with Crippen molar-refractivity contribution in [3.63, 3.8) is 0 Å². The second-order valence-corrected chi connectivity index (χ2v) is 7.17. The molecule has 0 aliphatic carbocycles. The normalized spacial score (nSPS) is 12.1. The highest BCUT2D eigenvalue weighted by Gasteiger charge is 2.25. The summed E-state index contributed by atoms with van der Waals surface area (Å²) in [5.41, 5.74) is -0.559. The second-order valence-electron chi connectivity index (χ2n) is 7.17. The predicted octanol–water partition coefficient (Wildman–Crippen LogP) is 6.74. The highest BCUT2D eigenvalue weighted by atomic mass is 16.4. The van der Waals surface area contributed by atoms with Gasteiger partial charge in [-0.15, -0.1) is 0 Å². The summed E-state index contributed by atoms with van der Waals surface area (Å²) < 4.78 is 0. The van der Waals surface area contributed by atoms with E-state index in [1.807, 2.05) is 13.8 Å². The maximum absolute atomic E-state index is 11.0. The molecule has 0 heterocycles. The van der Waals surface area contributed by atoms with E-state index in [9.17, 15) is 4.79 Å². The number of carboxylic acids is 1. The zero-order valence-electron chi connectivity index (χ0n) is 15.2. The Labute approximate surface area is 138 Å². The summed E-state index contributed by atoms with van der Waals surface area (Å²) in [6.45, 7) is 5.90. The molecule has 1 N–H and O–H groups in total. The van der Waals surface area contributed by atoms with Crippen LogP contribution < -0.4 is 0 Å². The molecule has 0 aromatic rings. The van der Waals surface area contributed by atoms with Gasteiger partial charge in [0, 0.05) is 0 Å². The number of allylic oxidation sites excluding steroid dienone is 2. The van der Waals surface area contributed by atoms with E-state index in [2.05, 4.69) is 19.1 Å². The fourth-order valence-corrected chi connectivity index (χ4v) is 2.57. The Morgan fingerprint density at radius 2 is 1.27 bits per heavy atom. The Morgan fingerprint density at radius 3 is 1.77 bits per heavy atom. The maximum Gasteiger partial charge on any atom is 0.309 e. The van der Waals surface area contributed by atoms with Crippen LogP contribution in [0.1, 0.15) is 104 Å². The lowest BCUT2D eigenvalue weighted by molar-refractivity contribution is -0.147. The Bertz CT molecular complexity index is 292. The third-order valence-electron chi connectivity index (χ3n) is 4.39. The summed E-state index contributed by atoms with van der Waals surface area (Å²) in [7, 11) is 0. The lowest BCUT2D eigenvalue weighted by Gasteiger charge is -2.18. The Hall–Kier alpha value is -0.790. The van der Waals surface area contributed by atoms with E-state index in [1.54, 1.807) is 0 Å². The third-order valence-corrected chi connectivity index (χ3v) is 4.39. The molecule has 0 aromatic heterocycles. The van der Waals surface area contributed by atoms with E-state index < -0.39 is 11.4 Å². The molecule has 2 nitrogen and oxygen atoms in total. The zero-order chi connectivity index (χ0) is 16.7. The van der Waals surface area contributed by atoms with Crippen LogP contribution in [0.25, 0.3) is 0 Å². The third kappa shape index (κ3) is 12.9.